The van der Waals surface area contributed by atoms with Crippen LogP contribution in [0.1, 0.15) is 17.3 Å². The number of thiocarbonyl (C=S) groups is 1. The number of anilines is 2. The van der Waals surface area contributed by atoms with E-state index in [0.29, 0.717) is 27.6 Å². The van der Waals surface area contributed by atoms with Crippen molar-refractivity contribution in [2.45, 2.75) is 6.92 Å². The third-order valence-electron chi connectivity index (χ3n) is 3.56. The lowest BCUT2D eigenvalue weighted by Crippen LogP contribution is -2.34. The highest BCUT2D eigenvalue weighted by Crippen LogP contribution is 2.24. The van der Waals surface area contributed by atoms with Gasteiger partial charge in [0.15, 0.2) is 10.7 Å². The van der Waals surface area contributed by atoms with Crippen LogP contribution in [0.3, 0.4) is 0 Å². The highest BCUT2D eigenvalue weighted by Gasteiger charge is 2.16. The summed E-state index contributed by atoms with van der Waals surface area (Å²) < 4.78 is 10.7. The van der Waals surface area contributed by atoms with E-state index in [1.54, 1.807) is 30.3 Å². The van der Waals surface area contributed by atoms with Gasteiger partial charge in [-0.2, -0.15) is 4.98 Å². The van der Waals surface area contributed by atoms with Crippen LogP contribution in [0.5, 0.6) is 5.75 Å². The number of methoxy groups -OCH3 is 1. The number of ether oxygens (including phenoxy) is 1. The summed E-state index contributed by atoms with van der Waals surface area (Å²) in [5.41, 5.74) is 1.81. The van der Waals surface area contributed by atoms with Gasteiger partial charge in [-0.1, -0.05) is 11.6 Å². The zero-order valence-corrected chi connectivity index (χ0v) is 16.4. The normalized spacial score (nSPS) is 10.4. The molecule has 0 unspecified atom stereocenters. The molecule has 0 spiro atoms. The van der Waals surface area contributed by atoms with Crippen molar-refractivity contribution in [2.75, 3.05) is 17.7 Å². The average molecular weight is 419 g/mol. The van der Waals surface area contributed by atoms with Gasteiger partial charge in [0.2, 0.25) is 5.91 Å². The standard InChI is InChI=1S/C18H15ClN4O4S/c1-9(24)20-11-4-5-13-15(8-11)27-17(21-13)23-18(28)22-16(25)12-7-10(19)3-6-14(12)26-2/h3-8H,1-2H3,(H,20,24)(H2,21,22,23,25,28). The van der Waals surface area contributed by atoms with Crippen molar-refractivity contribution in [3.8, 4) is 5.75 Å². The summed E-state index contributed by atoms with van der Waals surface area (Å²) in [4.78, 5) is 27.8. The number of hydrogen-bond donors (Lipinski definition) is 3. The number of amides is 2. The van der Waals surface area contributed by atoms with Crippen molar-refractivity contribution < 1.29 is 18.7 Å². The van der Waals surface area contributed by atoms with E-state index < -0.39 is 5.91 Å². The van der Waals surface area contributed by atoms with Gasteiger partial charge in [0, 0.05) is 23.7 Å². The summed E-state index contributed by atoms with van der Waals surface area (Å²) in [7, 11) is 1.45. The Morgan fingerprint density at radius 2 is 1.96 bits per heavy atom. The molecule has 3 rings (SSSR count). The molecule has 10 heteroatoms. The van der Waals surface area contributed by atoms with E-state index >= 15 is 0 Å². The van der Waals surface area contributed by atoms with Gasteiger partial charge in [-0.05, 0) is 42.5 Å². The molecule has 0 aliphatic carbocycles. The second kappa shape index (κ2) is 8.24. The number of oxazole rings is 1. The first-order chi connectivity index (χ1) is 13.4. The van der Waals surface area contributed by atoms with Crippen molar-refractivity contribution >= 4 is 63.5 Å². The Kier molecular flexibility index (Phi) is 5.76. The maximum atomic E-state index is 12.4. The fraction of sp³-hybridized carbons (Fsp3) is 0.111. The Bertz CT molecular complexity index is 1080. The van der Waals surface area contributed by atoms with Crippen molar-refractivity contribution in [1.82, 2.24) is 10.3 Å². The van der Waals surface area contributed by atoms with Gasteiger partial charge in [0.1, 0.15) is 11.3 Å². The van der Waals surface area contributed by atoms with Gasteiger partial charge < -0.3 is 14.5 Å². The molecule has 3 aromatic rings. The number of benzene rings is 2. The van der Waals surface area contributed by atoms with Crippen LogP contribution >= 0.6 is 23.8 Å². The highest BCUT2D eigenvalue weighted by molar-refractivity contribution is 7.80. The first-order valence-electron chi connectivity index (χ1n) is 8.00. The summed E-state index contributed by atoms with van der Waals surface area (Å²) in [6.07, 6.45) is 0. The van der Waals surface area contributed by atoms with E-state index in [1.165, 1.54) is 20.1 Å². The van der Waals surface area contributed by atoms with Crippen LogP contribution < -0.4 is 20.7 Å². The van der Waals surface area contributed by atoms with Gasteiger partial charge >= 0.3 is 6.01 Å². The van der Waals surface area contributed by atoms with Crippen LogP contribution in [0.2, 0.25) is 5.02 Å². The molecular formula is C18H15ClN4O4S. The zero-order valence-electron chi connectivity index (χ0n) is 14.8. The number of nitrogens with one attached hydrogen (secondary N) is 3. The van der Waals surface area contributed by atoms with Gasteiger partial charge in [-0.15, -0.1) is 0 Å². The van der Waals surface area contributed by atoms with E-state index in [2.05, 4.69) is 20.9 Å². The highest BCUT2D eigenvalue weighted by atomic mass is 35.5. The third-order valence-corrected chi connectivity index (χ3v) is 4.00. The van der Waals surface area contributed by atoms with Gasteiger partial charge in [-0.3, -0.25) is 20.2 Å². The monoisotopic (exact) mass is 418 g/mol. The smallest absolute Gasteiger partial charge is 0.302 e. The Hall–Kier alpha value is -3.17. The molecule has 0 saturated carbocycles. The van der Waals surface area contributed by atoms with Crippen LogP contribution in [0, 0.1) is 0 Å². The lowest BCUT2D eigenvalue weighted by molar-refractivity contribution is -0.114. The number of hydrogen-bond acceptors (Lipinski definition) is 6. The predicted octanol–water partition coefficient (Wildman–Crippen LogP) is 3.58. The van der Waals surface area contributed by atoms with Crippen molar-refractivity contribution in [3.05, 3.63) is 47.0 Å². The second-order valence-electron chi connectivity index (χ2n) is 5.64. The number of rotatable bonds is 4. The van der Waals surface area contributed by atoms with Crippen molar-refractivity contribution in [1.29, 1.82) is 0 Å². The lowest BCUT2D eigenvalue weighted by Gasteiger charge is -2.10. The summed E-state index contributed by atoms with van der Waals surface area (Å²) in [5.74, 6) is -0.337. The molecule has 0 aliphatic heterocycles. The van der Waals surface area contributed by atoms with Crippen LogP contribution in [-0.2, 0) is 4.79 Å². The van der Waals surface area contributed by atoms with Crippen LogP contribution in [0.4, 0.5) is 11.7 Å². The maximum absolute atomic E-state index is 12.4. The fourth-order valence-corrected chi connectivity index (χ4v) is 2.77. The molecule has 0 radical (unpaired) electrons. The molecule has 28 heavy (non-hydrogen) atoms. The molecule has 3 N–H and O–H groups in total. The molecule has 0 aliphatic rings. The van der Waals surface area contributed by atoms with Gasteiger partial charge in [0.25, 0.3) is 5.91 Å². The largest absolute Gasteiger partial charge is 0.496 e. The number of nitrogens with zero attached hydrogens (tertiary/aromatic N) is 1. The number of halogens is 1. The summed E-state index contributed by atoms with van der Waals surface area (Å²) in [6, 6.07) is 9.78. The summed E-state index contributed by atoms with van der Waals surface area (Å²) in [6.45, 7) is 1.41. The predicted molar refractivity (Wildman–Crippen MR) is 110 cm³/mol. The number of carbonyl (C=O) groups excluding carboxylic acids is 2. The van der Waals surface area contributed by atoms with E-state index in [1.807, 2.05) is 0 Å². The maximum Gasteiger partial charge on any atom is 0.302 e. The molecule has 0 saturated heterocycles. The van der Waals surface area contributed by atoms with Gasteiger partial charge in [-0.25, -0.2) is 0 Å². The number of aromatic nitrogens is 1. The molecule has 2 aromatic carbocycles. The number of fused-ring (bicyclic) bond motifs is 1. The summed E-state index contributed by atoms with van der Waals surface area (Å²) in [5, 5.41) is 8.25. The SMILES string of the molecule is COc1ccc(Cl)cc1C(=O)NC(=S)Nc1nc2ccc(NC(C)=O)cc2o1. The molecular weight excluding hydrogens is 404 g/mol. The molecule has 144 valence electrons. The lowest BCUT2D eigenvalue weighted by atomic mass is 10.2. The average Bonchev–Trinajstić information content (AvgIpc) is 3.02. The van der Waals surface area contributed by atoms with Crippen LogP contribution in [0.25, 0.3) is 11.1 Å². The first kappa shape index (κ1) is 19.6. The van der Waals surface area contributed by atoms with Crippen LogP contribution in [0.15, 0.2) is 40.8 Å². The molecule has 0 fully saturated rings. The molecule has 1 heterocycles. The minimum Gasteiger partial charge on any atom is -0.496 e. The van der Waals surface area contributed by atoms with Crippen LogP contribution in [-0.4, -0.2) is 29.0 Å². The Balaban J connectivity index is 1.71. The minimum absolute atomic E-state index is 0.0133. The Morgan fingerprint density at radius 1 is 1.18 bits per heavy atom. The van der Waals surface area contributed by atoms with Crippen molar-refractivity contribution in [2.24, 2.45) is 0 Å². The van der Waals surface area contributed by atoms with E-state index in [4.69, 9.17) is 33.0 Å². The number of carbonyl (C=O) groups is 2. The first-order valence-corrected chi connectivity index (χ1v) is 8.78. The molecule has 2 amide bonds. The third kappa shape index (κ3) is 4.56. The Labute approximate surface area is 170 Å². The molecule has 1 aromatic heterocycles. The molecule has 8 nitrogen and oxygen atoms in total. The minimum atomic E-state index is -0.499. The van der Waals surface area contributed by atoms with E-state index in [9.17, 15) is 9.59 Å². The van der Waals surface area contributed by atoms with E-state index in [0.717, 1.165) is 0 Å². The molecule has 0 atom stereocenters. The Morgan fingerprint density at radius 3 is 2.68 bits per heavy atom. The fourth-order valence-electron chi connectivity index (χ4n) is 2.42. The quantitative estimate of drug-likeness (QED) is 0.556. The molecule has 0 bridgehead atoms. The van der Waals surface area contributed by atoms with Crippen molar-refractivity contribution in [3.63, 3.8) is 0 Å². The second-order valence-corrected chi connectivity index (χ2v) is 6.48. The summed E-state index contributed by atoms with van der Waals surface area (Å²) >= 11 is 11.1. The van der Waals surface area contributed by atoms with Gasteiger partial charge in [0.05, 0.1) is 12.7 Å². The van der Waals surface area contributed by atoms with E-state index in [-0.39, 0.29) is 22.6 Å². The zero-order chi connectivity index (χ0) is 20.3. The topological polar surface area (TPSA) is 105 Å².